The van der Waals surface area contributed by atoms with Gasteiger partial charge in [-0.3, -0.25) is 0 Å². The summed E-state index contributed by atoms with van der Waals surface area (Å²) in [6, 6.07) is 0. The van der Waals surface area contributed by atoms with Crippen molar-refractivity contribution in [2.75, 3.05) is 19.7 Å². The van der Waals surface area contributed by atoms with Crippen LogP contribution < -0.4 is 5.32 Å². The summed E-state index contributed by atoms with van der Waals surface area (Å²) in [6.45, 7) is 1.36. The Hall–Kier alpha value is 0.0700. The van der Waals surface area contributed by atoms with Crippen molar-refractivity contribution in [1.29, 1.82) is 0 Å². The zero-order valence-electron chi connectivity index (χ0n) is 5.35. The van der Waals surface area contributed by atoms with Crippen molar-refractivity contribution >= 4 is 12.4 Å². The van der Waals surface area contributed by atoms with E-state index in [1.165, 1.54) is 0 Å². The van der Waals surface area contributed by atoms with E-state index < -0.39 is 12.5 Å². The maximum Gasteiger partial charge on any atom is 0.265 e. The molecule has 1 heterocycles. The minimum absolute atomic E-state index is 0. The summed E-state index contributed by atoms with van der Waals surface area (Å²) in [5.74, 6) is 0. The molecule has 0 radical (unpaired) electrons. The normalized spacial score (nSPS) is 26.1. The van der Waals surface area contributed by atoms with E-state index in [4.69, 9.17) is 4.74 Å². The van der Waals surface area contributed by atoms with Crippen molar-refractivity contribution in [2.24, 2.45) is 0 Å². The van der Waals surface area contributed by atoms with Crippen LogP contribution in [0.1, 0.15) is 0 Å². The van der Waals surface area contributed by atoms with Crippen LogP contribution in [0.3, 0.4) is 0 Å². The number of rotatable bonds is 1. The SMILES string of the molecule is Cl.FC(F)C1CNCCO1. The molecule has 1 atom stereocenters. The first-order valence-corrected chi connectivity index (χ1v) is 2.91. The Morgan fingerprint density at radius 2 is 2.20 bits per heavy atom. The van der Waals surface area contributed by atoms with E-state index in [1.54, 1.807) is 0 Å². The van der Waals surface area contributed by atoms with Crippen LogP contribution in [0.5, 0.6) is 0 Å². The van der Waals surface area contributed by atoms with Crippen molar-refractivity contribution < 1.29 is 13.5 Å². The zero-order valence-corrected chi connectivity index (χ0v) is 6.16. The minimum atomic E-state index is -2.35. The molecule has 1 saturated heterocycles. The predicted octanol–water partition coefficient (Wildman–Crippen LogP) is 0.662. The fourth-order valence-corrected chi connectivity index (χ4v) is 0.748. The molecule has 0 spiro atoms. The number of nitrogens with one attached hydrogen (secondary N) is 1. The zero-order chi connectivity index (χ0) is 6.69. The first-order chi connectivity index (χ1) is 4.30. The van der Waals surface area contributed by atoms with Gasteiger partial charge in [0, 0.05) is 13.1 Å². The van der Waals surface area contributed by atoms with Gasteiger partial charge in [-0.15, -0.1) is 12.4 Å². The molecule has 0 aromatic rings. The summed E-state index contributed by atoms with van der Waals surface area (Å²) in [5.41, 5.74) is 0. The van der Waals surface area contributed by atoms with Gasteiger partial charge >= 0.3 is 0 Å². The van der Waals surface area contributed by atoms with Gasteiger partial charge in [-0.1, -0.05) is 0 Å². The van der Waals surface area contributed by atoms with E-state index in [0.29, 0.717) is 13.2 Å². The van der Waals surface area contributed by atoms with Crippen molar-refractivity contribution in [1.82, 2.24) is 5.32 Å². The van der Waals surface area contributed by atoms with E-state index >= 15 is 0 Å². The molecule has 2 nitrogen and oxygen atoms in total. The molecule has 0 aromatic carbocycles. The van der Waals surface area contributed by atoms with Crippen molar-refractivity contribution in [3.8, 4) is 0 Å². The summed E-state index contributed by atoms with van der Waals surface area (Å²) < 4.78 is 28.2. The Balaban J connectivity index is 0.000000810. The Morgan fingerprint density at radius 3 is 2.50 bits per heavy atom. The highest BCUT2D eigenvalue weighted by atomic mass is 35.5. The van der Waals surface area contributed by atoms with Crippen LogP contribution in [0.15, 0.2) is 0 Å². The molecule has 1 N–H and O–H groups in total. The second kappa shape index (κ2) is 4.82. The smallest absolute Gasteiger partial charge is 0.265 e. The van der Waals surface area contributed by atoms with Crippen LogP contribution in [0.2, 0.25) is 0 Å². The van der Waals surface area contributed by atoms with Crippen LogP contribution in [0, 0.1) is 0 Å². The fraction of sp³-hybridized carbons (Fsp3) is 1.00. The monoisotopic (exact) mass is 173 g/mol. The van der Waals surface area contributed by atoms with Crippen LogP contribution in [0.25, 0.3) is 0 Å². The van der Waals surface area contributed by atoms with Crippen LogP contribution in [-0.2, 0) is 4.74 Å². The summed E-state index contributed by atoms with van der Waals surface area (Å²) in [6.07, 6.45) is -3.24. The van der Waals surface area contributed by atoms with Gasteiger partial charge in [0.1, 0.15) is 6.10 Å². The van der Waals surface area contributed by atoms with Crippen molar-refractivity contribution in [2.45, 2.75) is 12.5 Å². The van der Waals surface area contributed by atoms with Gasteiger partial charge in [0.25, 0.3) is 6.43 Å². The molecule has 1 aliphatic rings. The average Bonchev–Trinajstić information content (AvgIpc) is 1.90. The van der Waals surface area contributed by atoms with Gasteiger partial charge < -0.3 is 10.1 Å². The molecule has 0 aliphatic carbocycles. The largest absolute Gasteiger partial charge is 0.370 e. The molecule has 10 heavy (non-hydrogen) atoms. The van der Waals surface area contributed by atoms with Gasteiger partial charge in [0.2, 0.25) is 0 Å². The number of hydrogen-bond donors (Lipinski definition) is 1. The lowest BCUT2D eigenvalue weighted by Crippen LogP contribution is -2.42. The fourth-order valence-electron chi connectivity index (χ4n) is 0.748. The van der Waals surface area contributed by atoms with Gasteiger partial charge in [-0.25, -0.2) is 8.78 Å². The Kier molecular flexibility index (Phi) is 4.85. The van der Waals surface area contributed by atoms with Crippen molar-refractivity contribution in [3.63, 3.8) is 0 Å². The predicted molar refractivity (Wildman–Crippen MR) is 35.9 cm³/mol. The molecular formula is C5H10ClF2NO. The topological polar surface area (TPSA) is 21.3 Å². The van der Waals surface area contributed by atoms with E-state index in [2.05, 4.69) is 5.32 Å². The lowest BCUT2D eigenvalue weighted by Gasteiger charge is -2.22. The number of hydrogen-bond acceptors (Lipinski definition) is 2. The Morgan fingerprint density at radius 1 is 1.50 bits per heavy atom. The summed E-state index contributed by atoms with van der Waals surface area (Å²) in [4.78, 5) is 0. The average molecular weight is 174 g/mol. The molecule has 1 fully saturated rings. The highest BCUT2D eigenvalue weighted by molar-refractivity contribution is 5.85. The molecule has 0 bridgehead atoms. The lowest BCUT2D eigenvalue weighted by molar-refractivity contribution is -0.0686. The lowest BCUT2D eigenvalue weighted by atomic mass is 10.3. The molecule has 0 amide bonds. The van der Waals surface area contributed by atoms with Crippen molar-refractivity contribution in [3.05, 3.63) is 0 Å². The summed E-state index contributed by atoms with van der Waals surface area (Å²) in [5, 5.41) is 2.81. The number of alkyl halides is 2. The van der Waals surface area contributed by atoms with E-state index in [0.717, 1.165) is 0 Å². The molecule has 1 unspecified atom stereocenters. The van der Waals surface area contributed by atoms with Crippen LogP contribution in [-0.4, -0.2) is 32.2 Å². The Bertz CT molecular complexity index is 87.7. The summed E-state index contributed by atoms with van der Waals surface area (Å²) in [7, 11) is 0. The maximum absolute atomic E-state index is 11.8. The van der Waals surface area contributed by atoms with Gasteiger partial charge in [-0.2, -0.15) is 0 Å². The first kappa shape index (κ1) is 10.1. The first-order valence-electron chi connectivity index (χ1n) is 2.91. The number of halogens is 3. The highest BCUT2D eigenvalue weighted by Gasteiger charge is 2.22. The van der Waals surface area contributed by atoms with Crippen LogP contribution >= 0.6 is 12.4 Å². The summed E-state index contributed by atoms with van der Waals surface area (Å²) >= 11 is 0. The van der Waals surface area contributed by atoms with E-state index in [-0.39, 0.29) is 19.0 Å². The third-order valence-corrected chi connectivity index (χ3v) is 1.24. The quantitative estimate of drug-likeness (QED) is 0.629. The van der Waals surface area contributed by atoms with Gasteiger partial charge in [0.05, 0.1) is 6.61 Å². The van der Waals surface area contributed by atoms with E-state index in [9.17, 15) is 8.78 Å². The second-order valence-corrected chi connectivity index (χ2v) is 1.95. The molecular weight excluding hydrogens is 164 g/mol. The highest BCUT2D eigenvalue weighted by Crippen LogP contribution is 2.06. The molecule has 0 aromatic heterocycles. The third kappa shape index (κ3) is 2.77. The molecule has 1 aliphatic heterocycles. The van der Waals surface area contributed by atoms with Gasteiger partial charge in [-0.05, 0) is 0 Å². The minimum Gasteiger partial charge on any atom is -0.370 e. The second-order valence-electron chi connectivity index (χ2n) is 1.95. The molecule has 62 valence electrons. The standard InChI is InChI=1S/C5H9F2NO.ClH/c6-5(7)4-3-8-1-2-9-4;/h4-5,8H,1-3H2;1H. The molecule has 5 heteroatoms. The number of morpholine rings is 1. The van der Waals surface area contributed by atoms with Gasteiger partial charge in [0.15, 0.2) is 0 Å². The molecule has 0 saturated carbocycles. The van der Waals surface area contributed by atoms with Crippen LogP contribution in [0.4, 0.5) is 8.78 Å². The number of ether oxygens (including phenoxy) is 1. The van der Waals surface area contributed by atoms with E-state index in [1.807, 2.05) is 0 Å². The Labute approximate surface area is 64.3 Å². The maximum atomic E-state index is 11.8. The molecule has 1 rings (SSSR count). The third-order valence-electron chi connectivity index (χ3n) is 1.24.